The van der Waals surface area contributed by atoms with Gasteiger partial charge in [-0.15, -0.1) is 11.3 Å². The lowest BCUT2D eigenvalue weighted by molar-refractivity contribution is 0.524. The molecule has 1 atom stereocenters. The lowest BCUT2D eigenvalue weighted by Crippen LogP contribution is -2.12. The Bertz CT molecular complexity index is 449. The molecule has 2 aromatic heterocycles. The van der Waals surface area contributed by atoms with Gasteiger partial charge in [0.25, 0.3) is 0 Å². The number of hydrogen-bond donors (Lipinski definition) is 1. The summed E-state index contributed by atoms with van der Waals surface area (Å²) in [5.41, 5.74) is 7.15. The van der Waals surface area contributed by atoms with Crippen LogP contribution in [-0.4, -0.2) is 0 Å². The molecule has 0 aliphatic carbocycles. The van der Waals surface area contributed by atoms with Crippen LogP contribution in [0, 0.1) is 6.92 Å². The molecule has 0 aromatic carbocycles. The number of nitrogens with two attached hydrogens (primary N) is 1. The van der Waals surface area contributed by atoms with E-state index >= 15 is 0 Å². The summed E-state index contributed by atoms with van der Waals surface area (Å²) in [7, 11) is 0. The number of furan rings is 1. The summed E-state index contributed by atoms with van der Waals surface area (Å²) in [5, 5.41) is 0. The molecule has 2 aromatic rings. The largest absolute Gasteiger partial charge is 0.469 e. The second kappa shape index (κ2) is 4.39. The fourth-order valence-corrected chi connectivity index (χ4v) is 2.71. The Morgan fingerprint density at radius 3 is 2.80 bits per heavy atom. The second-order valence-corrected chi connectivity index (χ2v) is 5.25. The lowest BCUT2D eigenvalue weighted by Gasteiger charge is -2.08. The molecular formula is C11H12ClNOS. The summed E-state index contributed by atoms with van der Waals surface area (Å²) in [6.45, 7) is 1.93. The molecule has 4 heteroatoms. The first-order valence-corrected chi connectivity index (χ1v) is 5.90. The van der Waals surface area contributed by atoms with E-state index in [0.717, 1.165) is 22.1 Å². The first-order chi connectivity index (χ1) is 7.16. The normalized spacial score (nSPS) is 13.0. The molecule has 0 spiro atoms. The van der Waals surface area contributed by atoms with Gasteiger partial charge in [0, 0.05) is 22.9 Å². The predicted octanol–water partition coefficient (Wildman–Crippen LogP) is 3.55. The molecule has 1 unspecified atom stereocenters. The third kappa shape index (κ3) is 2.43. The Kier molecular flexibility index (Phi) is 3.14. The van der Waals surface area contributed by atoms with Gasteiger partial charge in [-0.25, -0.2) is 0 Å². The maximum Gasteiger partial charge on any atom is 0.105 e. The fraction of sp³-hybridized carbons (Fsp3) is 0.273. The van der Waals surface area contributed by atoms with Crippen molar-refractivity contribution in [3.05, 3.63) is 45.0 Å². The molecule has 2 rings (SSSR count). The number of halogens is 1. The van der Waals surface area contributed by atoms with Gasteiger partial charge in [-0.2, -0.15) is 0 Å². The molecule has 0 fully saturated rings. The van der Waals surface area contributed by atoms with Gasteiger partial charge in [-0.05, 0) is 25.1 Å². The Hall–Kier alpha value is -0.770. The van der Waals surface area contributed by atoms with Crippen molar-refractivity contribution in [3.63, 3.8) is 0 Å². The van der Waals surface area contributed by atoms with Gasteiger partial charge in [-0.1, -0.05) is 11.6 Å². The van der Waals surface area contributed by atoms with Crippen molar-refractivity contribution in [1.82, 2.24) is 0 Å². The van der Waals surface area contributed by atoms with E-state index in [9.17, 15) is 0 Å². The first-order valence-electron chi connectivity index (χ1n) is 4.70. The van der Waals surface area contributed by atoms with E-state index in [1.165, 1.54) is 4.88 Å². The maximum atomic E-state index is 6.09. The SMILES string of the molecule is Cc1occc1C(N)Cc1ccc(Cl)s1. The highest BCUT2D eigenvalue weighted by molar-refractivity contribution is 7.16. The van der Waals surface area contributed by atoms with Crippen molar-refractivity contribution in [2.75, 3.05) is 0 Å². The van der Waals surface area contributed by atoms with Crippen molar-refractivity contribution in [3.8, 4) is 0 Å². The highest BCUT2D eigenvalue weighted by atomic mass is 35.5. The van der Waals surface area contributed by atoms with E-state index in [1.807, 2.05) is 25.1 Å². The maximum absolute atomic E-state index is 6.09. The average Bonchev–Trinajstić information content (AvgIpc) is 2.75. The van der Waals surface area contributed by atoms with Crippen LogP contribution in [0.1, 0.15) is 22.2 Å². The summed E-state index contributed by atoms with van der Waals surface area (Å²) >= 11 is 7.43. The molecule has 2 nitrogen and oxygen atoms in total. The Morgan fingerprint density at radius 1 is 1.47 bits per heavy atom. The van der Waals surface area contributed by atoms with E-state index in [2.05, 4.69) is 0 Å². The van der Waals surface area contributed by atoms with Crippen molar-refractivity contribution < 1.29 is 4.42 Å². The van der Waals surface area contributed by atoms with Crippen LogP contribution in [0.5, 0.6) is 0 Å². The quantitative estimate of drug-likeness (QED) is 0.893. The number of rotatable bonds is 3. The minimum atomic E-state index is -0.0153. The predicted molar refractivity (Wildman–Crippen MR) is 63.4 cm³/mol. The highest BCUT2D eigenvalue weighted by Crippen LogP contribution is 2.26. The molecule has 0 radical (unpaired) electrons. The molecule has 0 aliphatic rings. The summed E-state index contributed by atoms with van der Waals surface area (Å²) in [5.74, 6) is 0.894. The van der Waals surface area contributed by atoms with Gasteiger partial charge < -0.3 is 10.2 Å². The van der Waals surface area contributed by atoms with Crippen molar-refractivity contribution in [2.24, 2.45) is 5.73 Å². The van der Waals surface area contributed by atoms with E-state index in [-0.39, 0.29) is 6.04 Å². The topological polar surface area (TPSA) is 39.2 Å². The van der Waals surface area contributed by atoms with Crippen LogP contribution >= 0.6 is 22.9 Å². The molecule has 0 amide bonds. The molecule has 15 heavy (non-hydrogen) atoms. The summed E-state index contributed by atoms with van der Waals surface area (Å²) in [6, 6.07) is 5.83. The molecule has 0 saturated carbocycles. The lowest BCUT2D eigenvalue weighted by atomic mass is 10.1. The van der Waals surface area contributed by atoms with Crippen molar-refractivity contribution in [2.45, 2.75) is 19.4 Å². The van der Waals surface area contributed by atoms with Crippen LogP contribution in [-0.2, 0) is 6.42 Å². The zero-order valence-electron chi connectivity index (χ0n) is 8.37. The van der Waals surface area contributed by atoms with Gasteiger partial charge in [0.05, 0.1) is 10.6 Å². The van der Waals surface area contributed by atoms with E-state index in [1.54, 1.807) is 17.6 Å². The van der Waals surface area contributed by atoms with Crippen LogP contribution in [0.3, 0.4) is 0 Å². The van der Waals surface area contributed by atoms with Gasteiger partial charge in [0.15, 0.2) is 0 Å². The van der Waals surface area contributed by atoms with Crippen molar-refractivity contribution >= 4 is 22.9 Å². The Morgan fingerprint density at radius 2 is 2.27 bits per heavy atom. The minimum absolute atomic E-state index is 0.0153. The van der Waals surface area contributed by atoms with Crippen LogP contribution in [0.2, 0.25) is 4.34 Å². The molecule has 2 heterocycles. The number of thiophene rings is 1. The first kappa shape index (κ1) is 10.7. The zero-order valence-corrected chi connectivity index (χ0v) is 9.94. The van der Waals surface area contributed by atoms with E-state index in [4.69, 9.17) is 21.8 Å². The van der Waals surface area contributed by atoms with Crippen LogP contribution < -0.4 is 5.73 Å². The van der Waals surface area contributed by atoms with Gasteiger partial charge >= 0.3 is 0 Å². The smallest absolute Gasteiger partial charge is 0.105 e. The molecule has 80 valence electrons. The molecular weight excluding hydrogens is 230 g/mol. The average molecular weight is 242 g/mol. The van der Waals surface area contributed by atoms with E-state index < -0.39 is 0 Å². The molecule has 2 N–H and O–H groups in total. The van der Waals surface area contributed by atoms with Gasteiger partial charge in [-0.3, -0.25) is 0 Å². The fourth-order valence-electron chi connectivity index (χ4n) is 1.57. The molecule has 0 bridgehead atoms. The van der Waals surface area contributed by atoms with Gasteiger partial charge in [0.1, 0.15) is 5.76 Å². The minimum Gasteiger partial charge on any atom is -0.469 e. The van der Waals surface area contributed by atoms with Crippen molar-refractivity contribution in [1.29, 1.82) is 0 Å². The second-order valence-electron chi connectivity index (χ2n) is 3.45. The standard InChI is InChI=1S/C11H12ClNOS/c1-7-9(4-5-14-7)10(13)6-8-2-3-11(12)15-8/h2-5,10H,6,13H2,1H3. The van der Waals surface area contributed by atoms with Gasteiger partial charge in [0.2, 0.25) is 0 Å². The number of hydrogen-bond acceptors (Lipinski definition) is 3. The molecule has 0 saturated heterocycles. The third-order valence-corrected chi connectivity index (χ3v) is 3.60. The monoisotopic (exact) mass is 241 g/mol. The molecule has 0 aliphatic heterocycles. The highest BCUT2D eigenvalue weighted by Gasteiger charge is 2.12. The van der Waals surface area contributed by atoms with E-state index in [0.29, 0.717) is 0 Å². The summed E-state index contributed by atoms with van der Waals surface area (Å²) in [6.07, 6.45) is 2.48. The van der Waals surface area contributed by atoms with Crippen LogP contribution in [0.15, 0.2) is 28.9 Å². The third-order valence-electron chi connectivity index (χ3n) is 2.35. The summed E-state index contributed by atoms with van der Waals surface area (Å²) in [4.78, 5) is 1.20. The Labute approximate surface area is 97.7 Å². The Balaban J connectivity index is 2.10. The van der Waals surface area contributed by atoms with Crippen LogP contribution in [0.4, 0.5) is 0 Å². The van der Waals surface area contributed by atoms with Crippen LogP contribution in [0.25, 0.3) is 0 Å². The summed E-state index contributed by atoms with van der Waals surface area (Å²) < 4.78 is 6.03. The number of aryl methyl sites for hydroxylation is 1. The zero-order chi connectivity index (χ0) is 10.8.